The summed E-state index contributed by atoms with van der Waals surface area (Å²) in [7, 11) is 0. The number of hydrogen-bond donors (Lipinski definition) is 3. The Bertz CT molecular complexity index is 327. The minimum absolute atomic E-state index is 0.205. The van der Waals surface area contributed by atoms with E-state index in [1.165, 1.54) is 32.2 Å². The van der Waals surface area contributed by atoms with Crippen molar-refractivity contribution in [1.82, 2.24) is 5.32 Å². The van der Waals surface area contributed by atoms with Crippen molar-refractivity contribution in [2.24, 2.45) is 34.1 Å². The highest BCUT2D eigenvalue weighted by atomic mass is 16.4. The van der Waals surface area contributed by atoms with Crippen LogP contribution in [-0.4, -0.2) is 24.1 Å². The number of nitrogens with zero attached hydrogens (tertiary/aromatic N) is 1. The summed E-state index contributed by atoms with van der Waals surface area (Å²) in [6.45, 7) is 6.27. The molecular formula is C15H29N3O. The molecule has 0 amide bonds. The van der Waals surface area contributed by atoms with Gasteiger partial charge in [0.05, 0.1) is 0 Å². The first-order chi connectivity index (χ1) is 9.03. The van der Waals surface area contributed by atoms with Gasteiger partial charge < -0.3 is 16.3 Å². The van der Waals surface area contributed by atoms with Gasteiger partial charge in [-0.15, -0.1) is 0 Å². The smallest absolute Gasteiger partial charge is 0.144 e. The standard InChI is InChI=1S/C15H29N3O/c1-15(2,14(16)18-19)6-3-7-17-10-13-9-11-4-5-12(13)8-11/h11-13,17,19H,3-10H2,1-2H3,(H2,16,18). The Labute approximate surface area is 116 Å². The van der Waals surface area contributed by atoms with Crippen molar-refractivity contribution in [2.45, 2.75) is 52.4 Å². The summed E-state index contributed by atoms with van der Waals surface area (Å²) < 4.78 is 0. The van der Waals surface area contributed by atoms with Gasteiger partial charge in [0.25, 0.3) is 0 Å². The van der Waals surface area contributed by atoms with Gasteiger partial charge in [-0.05, 0) is 62.9 Å². The topological polar surface area (TPSA) is 70.6 Å². The summed E-state index contributed by atoms with van der Waals surface area (Å²) in [6, 6.07) is 0. The first kappa shape index (κ1) is 14.6. The molecular weight excluding hydrogens is 238 g/mol. The molecule has 2 fully saturated rings. The first-order valence-electron chi connectivity index (χ1n) is 7.71. The summed E-state index contributed by atoms with van der Waals surface area (Å²) in [5, 5.41) is 15.4. The fourth-order valence-electron chi connectivity index (χ4n) is 3.83. The third kappa shape index (κ3) is 3.62. The van der Waals surface area contributed by atoms with Gasteiger partial charge in [-0.1, -0.05) is 25.4 Å². The third-order valence-corrected chi connectivity index (χ3v) is 5.25. The van der Waals surface area contributed by atoms with Gasteiger partial charge in [0.2, 0.25) is 0 Å². The maximum Gasteiger partial charge on any atom is 0.144 e. The first-order valence-corrected chi connectivity index (χ1v) is 7.71. The lowest BCUT2D eigenvalue weighted by Crippen LogP contribution is -2.33. The van der Waals surface area contributed by atoms with E-state index in [4.69, 9.17) is 10.9 Å². The molecule has 3 unspecified atom stereocenters. The minimum atomic E-state index is -0.205. The van der Waals surface area contributed by atoms with Gasteiger partial charge in [0.1, 0.15) is 5.84 Å². The van der Waals surface area contributed by atoms with E-state index in [9.17, 15) is 0 Å². The average Bonchev–Trinajstić information content (AvgIpc) is 2.99. The second-order valence-electron chi connectivity index (χ2n) is 7.11. The summed E-state index contributed by atoms with van der Waals surface area (Å²) in [6.07, 6.45) is 7.91. The van der Waals surface area contributed by atoms with Crippen LogP contribution in [0.3, 0.4) is 0 Å². The quantitative estimate of drug-likeness (QED) is 0.218. The summed E-state index contributed by atoms with van der Waals surface area (Å²) in [4.78, 5) is 0. The van der Waals surface area contributed by atoms with Crippen LogP contribution in [0.15, 0.2) is 5.16 Å². The summed E-state index contributed by atoms with van der Waals surface area (Å²) in [5.74, 6) is 3.30. The number of rotatable bonds is 7. The van der Waals surface area contributed by atoms with E-state index < -0.39 is 0 Å². The molecule has 2 rings (SSSR count). The Morgan fingerprint density at radius 2 is 2.16 bits per heavy atom. The molecule has 2 bridgehead atoms. The number of hydrogen-bond acceptors (Lipinski definition) is 3. The van der Waals surface area contributed by atoms with Crippen molar-refractivity contribution >= 4 is 5.84 Å². The molecule has 0 spiro atoms. The Kier molecular flexibility index (Phi) is 4.71. The molecule has 2 saturated carbocycles. The maximum atomic E-state index is 8.72. The largest absolute Gasteiger partial charge is 0.409 e. The maximum absolute atomic E-state index is 8.72. The number of oxime groups is 1. The molecule has 4 nitrogen and oxygen atoms in total. The van der Waals surface area contributed by atoms with E-state index in [2.05, 4.69) is 10.5 Å². The zero-order chi connectivity index (χ0) is 13.9. The number of nitrogens with one attached hydrogen (secondary N) is 1. The van der Waals surface area contributed by atoms with E-state index in [1.54, 1.807) is 0 Å². The van der Waals surface area contributed by atoms with Crippen LogP contribution >= 0.6 is 0 Å². The molecule has 2 aliphatic carbocycles. The van der Waals surface area contributed by atoms with Gasteiger partial charge in [-0.2, -0.15) is 0 Å². The van der Waals surface area contributed by atoms with E-state index in [0.717, 1.165) is 37.1 Å². The Morgan fingerprint density at radius 3 is 2.74 bits per heavy atom. The van der Waals surface area contributed by atoms with Crippen LogP contribution in [0, 0.1) is 23.2 Å². The predicted molar refractivity (Wildman–Crippen MR) is 78.2 cm³/mol. The fraction of sp³-hybridized carbons (Fsp3) is 0.933. The van der Waals surface area contributed by atoms with E-state index in [-0.39, 0.29) is 5.41 Å². The molecule has 0 aliphatic heterocycles. The molecule has 3 atom stereocenters. The van der Waals surface area contributed by atoms with Gasteiger partial charge in [0.15, 0.2) is 0 Å². The highest BCUT2D eigenvalue weighted by Crippen LogP contribution is 2.47. The van der Waals surface area contributed by atoms with E-state index in [0.29, 0.717) is 5.84 Å². The molecule has 19 heavy (non-hydrogen) atoms. The van der Waals surface area contributed by atoms with Crippen molar-refractivity contribution in [3.05, 3.63) is 0 Å². The molecule has 0 aromatic carbocycles. The second kappa shape index (κ2) is 6.12. The molecule has 0 aromatic rings. The normalized spacial score (nSPS) is 31.1. The van der Waals surface area contributed by atoms with Crippen LogP contribution in [0.1, 0.15) is 52.4 Å². The van der Waals surface area contributed by atoms with Gasteiger partial charge in [0, 0.05) is 5.41 Å². The van der Waals surface area contributed by atoms with Crippen LogP contribution in [-0.2, 0) is 0 Å². The molecule has 0 radical (unpaired) electrons. The average molecular weight is 267 g/mol. The van der Waals surface area contributed by atoms with Crippen LogP contribution < -0.4 is 11.1 Å². The van der Waals surface area contributed by atoms with E-state index >= 15 is 0 Å². The van der Waals surface area contributed by atoms with Crippen molar-refractivity contribution < 1.29 is 5.21 Å². The molecule has 0 saturated heterocycles. The zero-order valence-electron chi connectivity index (χ0n) is 12.4. The Morgan fingerprint density at radius 1 is 1.37 bits per heavy atom. The zero-order valence-corrected chi connectivity index (χ0v) is 12.4. The van der Waals surface area contributed by atoms with Crippen LogP contribution in [0.5, 0.6) is 0 Å². The Balaban J connectivity index is 1.58. The summed E-state index contributed by atoms with van der Waals surface area (Å²) in [5.41, 5.74) is 5.48. The van der Waals surface area contributed by atoms with Gasteiger partial charge in [-0.3, -0.25) is 0 Å². The van der Waals surface area contributed by atoms with Crippen molar-refractivity contribution in [1.29, 1.82) is 0 Å². The van der Waals surface area contributed by atoms with Crippen molar-refractivity contribution in [2.75, 3.05) is 13.1 Å². The van der Waals surface area contributed by atoms with Crippen molar-refractivity contribution in [3.8, 4) is 0 Å². The third-order valence-electron chi connectivity index (χ3n) is 5.25. The SMILES string of the molecule is CC(C)(CCCNCC1CC2CCC1C2)C(N)=NO. The molecule has 0 aromatic heterocycles. The van der Waals surface area contributed by atoms with Gasteiger partial charge in [-0.25, -0.2) is 0 Å². The van der Waals surface area contributed by atoms with Crippen molar-refractivity contribution in [3.63, 3.8) is 0 Å². The van der Waals surface area contributed by atoms with Crippen LogP contribution in [0.25, 0.3) is 0 Å². The lowest BCUT2D eigenvalue weighted by Gasteiger charge is -2.24. The molecule has 110 valence electrons. The number of fused-ring (bicyclic) bond motifs is 2. The predicted octanol–water partition coefficient (Wildman–Crippen LogP) is 2.56. The molecule has 0 heterocycles. The summed E-state index contributed by atoms with van der Waals surface area (Å²) >= 11 is 0. The fourth-order valence-corrected chi connectivity index (χ4v) is 3.83. The van der Waals surface area contributed by atoms with Gasteiger partial charge >= 0.3 is 0 Å². The monoisotopic (exact) mass is 267 g/mol. The lowest BCUT2D eigenvalue weighted by molar-refractivity contribution is 0.301. The minimum Gasteiger partial charge on any atom is -0.409 e. The second-order valence-corrected chi connectivity index (χ2v) is 7.11. The van der Waals surface area contributed by atoms with E-state index in [1.807, 2.05) is 13.8 Å². The highest BCUT2D eigenvalue weighted by molar-refractivity contribution is 5.85. The van der Waals surface area contributed by atoms with Crippen LogP contribution in [0.2, 0.25) is 0 Å². The molecule has 2 aliphatic rings. The highest BCUT2D eigenvalue weighted by Gasteiger charge is 2.38. The Hall–Kier alpha value is -0.770. The lowest BCUT2D eigenvalue weighted by atomic mass is 9.86. The molecule has 4 heteroatoms. The number of amidine groups is 1. The number of nitrogens with two attached hydrogens (primary N) is 1. The van der Waals surface area contributed by atoms with Crippen LogP contribution in [0.4, 0.5) is 0 Å². The molecule has 4 N–H and O–H groups in total.